The summed E-state index contributed by atoms with van der Waals surface area (Å²) in [6.45, 7) is 15.7. The van der Waals surface area contributed by atoms with Gasteiger partial charge in [0.15, 0.2) is 23.8 Å². The van der Waals surface area contributed by atoms with Gasteiger partial charge in [-0.1, -0.05) is 45.0 Å². The van der Waals surface area contributed by atoms with Gasteiger partial charge in [-0.15, -0.1) is 6.58 Å². The van der Waals surface area contributed by atoms with Crippen LogP contribution in [0, 0.1) is 23.7 Å². The van der Waals surface area contributed by atoms with Crippen molar-refractivity contribution in [2.24, 2.45) is 23.7 Å². The van der Waals surface area contributed by atoms with E-state index in [0.29, 0.717) is 18.4 Å². The molecule has 13 atom stereocenters. The Bertz CT molecular complexity index is 1500. The minimum atomic E-state index is -1.41. The zero-order valence-corrected chi connectivity index (χ0v) is 32.8. The lowest BCUT2D eigenvalue weighted by molar-refractivity contribution is -0.294. The number of Topliss-reactive ketones (excluding diaryl/α,β-unsaturated/α-hetero) is 2. The minimum Gasteiger partial charge on any atom is -0.457 e. The first-order valence-electron chi connectivity index (χ1n) is 18.5. The van der Waals surface area contributed by atoms with Crippen molar-refractivity contribution in [1.82, 2.24) is 10.2 Å². The van der Waals surface area contributed by atoms with E-state index in [1.807, 2.05) is 25.9 Å². The van der Waals surface area contributed by atoms with E-state index in [-0.39, 0.29) is 30.8 Å². The molecule has 3 saturated heterocycles. The van der Waals surface area contributed by atoms with Crippen molar-refractivity contribution in [2.75, 3.05) is 21.2 Å². The van der Waals surface area contributed by atoms with Crippen LogP contribution >= 0.6 is 0 Å². The fraction of sp³-hybridized carbons (Fsp3) is 0.675. The molecule has 1 amide bonds. The largest absolute Gasteiger partial charge is 0.457 e. The Labute approximate surface area is 313 Å². The van der Waals surface area contributed by atoms with E-state index in [4.69, 9.17) is 28.4 Å². The fourth-order valence-electron chi connectivity index (χ4n) is 8.19. The van der Waals surface area contributed by atoms with Gasteiger partial charge < -0.3 is 38.6 Å². The molecular weight excluding hydrogens is 684 g/mol. The van der Waals surface area contributed by atoms with Crippen LogP contribution in [0.4, 0.5) is 4.79 Å². The molecule has 0 aliphatic carbocycles. The van der Waals surface area contributed by atoms with Crippen LogP contribution in [0.1, 0.15) is 84.5 Å². The van der Waals surface area contributed by atoms with Crippen LogP contribution in [-0.2, 0) is 42.8 Å². The number of allylic oxidation sites excluding steroid dienone is 1. The van der Waals surface area contributed by atoms with Gasteiger partial charge in [-0.25, -0.2) is 9.59 Å². The molecule has 0 aromatic heterocycles. The molecule has 3 aliphatic heterocycles. The third-order valence-corrected chi connectivity index (χ3v) is 11.4. The summed E-state index contributed by atoms with van der Waals surface area (Å²) < 4.78 is 37.3. The number of hydrogen-bond acceptors (Lipinski definition) is 12. The highest BCUT2D eigenvalue weighted by atomic mass is 16.7. The number of nitrogens with one attached hydrogen (secondary N) is 1. The molecule has 4 unspecified atom stereocenters. The predicted octanol–water partition coefficient (Wildman–Crippen LogP) is 4.90. The van der Waals surface area contributed by atoms with E-state index in [1.54, 1.807) is 71.0 Å². The van der Waals surface area contributed by atoms with Gasteiger partial charge >= 0.3 is 18.0 Å². The van der Waals surface area contributed by atoms with Gasteiger partial charge in [0.1, 0.15) is 17.8 Å². The average molecular weight is 743 g/mol. The lowest BCUT2D eigenvalue weighted by atomic mass is 9.73. The third kappa shape index (κ3) is 9.01. The molecule has 3 aliphatic rings. The SMILES string of the molecule is C=CCC[C@H]1OC(=O)[C@H](C)C(=O)[C@H](C)[C@@H](OC2OC(C)CC(N(C)C)C2OC(=O)c2ccccc2)[C@](C)(OC)C[C@@H](C)C(=O)[C@H](C)[C@H]2NC(=O)O[C@@]21C. The Hall–Kier alpha value is -3.65. The Morgan fingerprint density at radius 3 is 2.28 bits per heavy atom. The summed E-state index contributed by atoms with van der Waals surface area (Å²) in [5.41, 5.74) is -2.37. The number of carbonyl (C=O) groups is 5. The molecule has 13 nitrogen and oxygen atoms in total. The highest BCUT2D eigenvalue weighted by Crippen LogP contribution is 2.40. The van der Waals surface area contributed by atoms with Crippen LogP contribution in [0.5, 0.6) is 0 Å². The van der Waals surface area contributed by atoms with Crippen LogP contribution in [0.3, 0.4) is 0 Å². The second kappa shape index (κ2) is 17.2. The van der Waals surface area contributed by atoms with Gasteiger partial charge in [0, 0.05) is 24.9 Å². The van der Waals surface area contributed by atoms with E-state index in [2.05, 4.69) is 11.9 Å². The number of likely N-dealkylation sites (N-methyl/N-ethyl adjacent to an activating group) is 1. The van der Waals surface area contributed by atoms with Gasteiger partial charge in [-0.2, -0.15) is 0 Å². The first-order chi connectivity index (χ1) is 24.9. The van der Waals surface area contributed by atoms with E-state index >= 15 is 0 Å². The van der Waals surface area contributed by atoms with E-state index in [1.165, 1.54) is 14.0 Å². The second-order valence-electron chi connectivity index (χ2n) is 15.6. The number of ketones is 2. The highest BCUT2D eigenvalue weighted by molar-refractivity contribution is 6.00. The Balaban J connectivity index is 1.79. The summed E-state index contributed by atoms with van der Waals surface area (Å²) in [7, 11) is 5.23. The zero-order valence-electron chi connectivity index (χ0n) is 32.8. The van der Waals surface area contributed by atoms with Crippen LogP contribution in [0.15, 0.2) is 43.0 Å². The van der Waals surface area contributed by atoms with E-state index < -0.39 is 89.3 Å². The van der Waals surface area contributed by atoms with Gasteiger partial charge in [-0.3, -0.25) is 14.4 Å². The highest BCUT2D eigenvalue weighted by Gasteiger charge is 2.57. The number of benzene rings is 1. The molecule has 13 heteroatoms. The molecule has 0 bridgehead atoms. The number of fused-ring (bicyclic) bond motifs is 1. The molecule has 3 heterocycles. The molecule has 0 radical (unpaired) electrons. The van der Waals surface area contributed by atoms with Crippen molar-refractivity contribution in [2.45, 2.75) is 128 Å². The maximum atomic E-state index is 14.4. The summed E-state index contributed by atoms with van der Waals surface area (Å²) in [5, 5.41) is 2.79. The number of alkyl carbamates (subject to hydrolysis) is 1. The number of rotatable bonds is 9. The first kappa shape index (κ1) is 42.1. The Morgan fingerprint density at radius 1 is 1.02 bits per heavy atom. The minimum absolute atomic E-state index is 0.0970. The summed E-state index contributed by atoms with van der Waals surface area (Å²) in [6, 6.07) is 7.43. The standard InChI is InChI=1S/C40H58N2O11/c1-12-13-19-29-40(8)33(41-38(47)53-40)24(4)30(43)22(2)21-39(7,48-11)34(25(5)31(44)26(6)35(45)50-29)52-37-32(28(42(9)10)20-23(3)49-37)51-36(46)27-17-15-14-16-18-27/h12,14-18,22-26,28-29,32-34,37H,1,13,19-21H2,2-11H3,(H,41,47)/t22-,23?,24+,25+,26-,28?,29-,32?,33-,34-,37?,39-,40-/m1/s1. The molecule has 3 fully saturated rings. The molecule has 1 N–H and O–H groups in total. The number of hydrogen-bond donors (Lipinski definition) is 1. The molecule has 1 aromatic rings. The monoisotopic (exact) mass is 742 g/mol. The van der Waals surface area contributed by atoms with Crippen LogP contribution in [-0.4, -0.2) is 110 Å². The van der Waals surface area contributed by atoms with Gasteiger partial charge in [0.25, 0.3) is 0 Å². The maximum Gasteiger partial charge on any atom is 0.408 e. The average Bonchev–Trinajstić information content (AvgIpc) is 3.45. The number of esters is 2. The lowest BCUT2D eigenvalue weighted by Crippen LogP contribution is -2.60. The quantitative estimate of drug-likeness (QED) is 0.158. The topological polar surface area (TPSA) is 156 Å². The number of nitrogens with zero attached hydrogens (tertiary/aromatic N) is 1. The first-order valence-corrected chi connectivity index (χ1v) is 18.5. The normalized spacial score (nSPS) is 38.6. The number of methoxy groups -OCH3 is 1. The van der Waals surface area contributed by atoms with Crippen molar-refractivity contribution < 1.29 is 52.4 Å². The van der Waals surface area contributed by atoms with Crippen molar-refractivity contribution in [3.63, 3.8) is 0 Å². The lowest BCUT2D eigenvalue weighted by Gasteiger charge is -2.47. The Morgan fingerprint density at radius 2 is 1.68 bits per heavy atom. The number of cyclic esters (lactones) is 1. The van der Waals surface area contributed by atoms with E-state index in [9.17, 15) is 24.0 Å². The summed E-state index contributed by atoms with van der Waals surface area (Å²) in [6.07, 6.45) is -2.30. The van der Waals surface area contributed by atoms with E-state index in [0.717, 1.165) is 0 Å². The van der Waals surface area contributed by atoms with Crippen molar-refractivity contribution in [3.05, 3.63) is 48.6 Å². The van der Waals surface area contributed by atoms with Gasteiger partial charge in [0.05, 0.1) is 35.5 Å². The molecule has 0 saturated carbocycles. The van der Waals surface area contributed by atoms with Crippen LogP contribution in [0.2, 0.25) is 0 Å². The molecular formula is C40H58N2O11. The van der Waals surface area contributed by atoms with Crippen molar-refractivity contribution >= 4 is 29.6 Å². The summed E-state index contributed by atoms with van der Waals surface area (Å²) in [5.74, 6) is -5.77. The third-order valence-electron chi connectivity index (χ3n) is 11.4. The molecule has 1 aromatic carbocycles. The predicted molar refractivity (Wildman–Crippen MR) is 195 cm³/mol. The van der Waals surface area contributed by atoms with Gasteiger partial charge in [0.2, 0.25) is 0 Å². The number of amides is 1. The number of carbonyl (C=O) groups excluding carboxylic acids is 5. The molecule has 0 spiro atoms. The van der Waals surface area contributed by atoms with Crippen LogP contribution < -0.4 is 5.32 Å². The molecule has 4 rings (SSSR count). The maximum absolute atomic E-state index is 14.4. The van der Waals surface area contributed by atoms with Crippen molar-refractivity contribution in [3.8, 4) is 0 Å². The summed E-state index contributed by atoms with van der Waals surface area (Å²) >= 11 is 0. The van der Waals surface area contributed by atoms with Crippen molar-refractivity contribution in [1.29, 1.82) is 0 Å². The van der Waals surface area contributed by atoms with Gasteiger partial charge in [-0.05, 0) is 79.6 Å². The summed E-state index contributed by atoms with van der Waals surface area (Å²) in [4.78, 5) is 70.7. The number of ether oxygens (including phenoxy) is 6. The smallest absolute Gasteiger partial charge is 0.408 e. The Kier molecular flexibility index (Phi) is 13.7. The fourth-order valence-corrected chi connectivity index (χ4v) is 8.19. The molecule has 53 heavy (non-hydrogen) atoms. The molecule has 294 valence electrons. The zero-order chi connectivity index (χ0) is 39.4. The van der Waals surface area contributed by atoms with Crippen LogP contribution in [0.25, 0.3) is 0 Å². The second-order valence-corrected chi connectivity index (χ2v) is 15.6.